The smallest absolute Gasteiger partial charge is 0.341 e. The van der Waals surface area contributed by atoms with Crippen LogP contribution in [0.1, 0.15) is 10.4 Å². The molecule has 0 spiro atoms. The Morgan fingerprint density at radius 2 is 0.957 bits per heavy atom. The Bertz CT molecular complexity index is 515. The Morgan fingerprint density at radius 3 is 1.13 bits per heavy atom. The molecular formula is C12H13F5O6. The molecule has 1 rings (SSSR count). The third-order valence-electron chi connectivity index (χ3n) is 2.77. The maximum atomic E-state index is 12.6. The molecule has 6 nitrogen and oxygen atoms in total. The molecule has 0 fully saturated rings. The van der Waals surface area contributed by atoms with Crippen molar-refractivity contribution in [2.24, 2.45) is 5.41 Å². The van der Waals surface area contributed by atoms with Gasteiger partial charge in [-0.15, -0.1) is 0 Å². The highest BCUT2D eigenvalue weighted by Gasteiger charge is 2.29. The summed E-state index contributed by atoms with van der Waals surface area (Å²) in [7, 11) is 0. The van der Waals surface area contributed by atoms with Crippen LogP contribution in [0.5, 0.6) is 0 Å². The van der Waals surface area contributed by atoms with Crippen LogP contribution >= 0.6 is 0 Å². The molecule has 23 heavy (non-hydrogen) atoms. The molecule has 0 aliphatic carbocycles. The van der Waals surface area contributed by atoms with Crippen LogP contribution in [-0.4, -0.2) is 57.9 Å². The van der Waals surface area contributed by atoms with Gasteiger partial charge < -0.3 is 25.5 Å². The lowest BCUT2D eigenvalue weighted by atomic mass is 9.93. The third kappa shape index (κ3) is 4.58. The quantitative estimate of drug-likeness (QED) is 0.291. The first-order valence-electron chi connectivity index (χ1n) is 5.80. The maximum Gasteiger partial charge on any atom is 0.341 e. The number of aliphatic hydroxyl groups excluding tert-OH is 4. The number of carboxylic acids is 1. The number of aromatic carboxylic acids is 1. The lowest BCUT2D eigenvalue weighted by molar-refractivity contribution is -0.0328. The van der Waals surface area contributed by atoms with Crippen molar-refractivity contribution in [3.63, 3.8) is 0 Å². The van der Waals surface area contributed by atoms with E-state index in [1.54, 1.807) is 0 Å². The Balaban J connectivity index is 0.000000468. The first kappa shape index (κ1) is 21.2. The first-order chi connectivity index (χ1) is 10.6. The highest BCUT2D eigenvalue weighted by atomic mass is 19.2. The summed E-state index contributed by atoms with van der Waals surface area (Å²) in [6, 6.07) is 0. The summed E-state index contributed by atoms with van der Waals surface area (Å²) in [5.41, 5.74) is -2.97. The van der Waals surface area contributed by atoms with Crippen LogP contribution in [-0.2, 0) is 0 Å². The van der Waals surface area contributed by atoms with E-state index in [0.717, 1.165) is 0 Å². The number of hydrogen-bond donors (Lipinski definition) is 5. The summed E-state index contributed by atoms with van der Waals surface area (Å²) in [6.45, 7) is -1.62. The number of halogens is 5. The van der Waals surface area contributed by atoms with Gasteiger partial charge in [0.1, 0.15) is 5.56 Å². The monoisotopic (exact) mass is 348 g/mol. The van der Waals surface area contributed by atoms with Crippen LogP contribution in [0.4, 0.5) is 22.0 Å². The van der Waals surface area contributed by atoms with E-state index in [-0.39, 0.29) is 0 Å². The van der Waals surface area contributed by atoms with Crippen LogP contribution in [0.15, 0.2) is 0 Å². The van der Waals surface area contributed by atoms with E-state index < -0.39 is 72.5 Å². The van der Waals surface area contributed by atoms with E-state index in [4.69, 9.17) is 25.5 Å². The van der Waals surface area contributed by atoms with E-state index in [0.29, 0.717) is 0 Å². The number of aliphatic hydroxyl groups is 4. The topological polar surface area (TPSA) is 118 Å². The highest BCUT2D eigenvalue weighted by molar-refractivity contribution is 5.88. The lowest BCUT2D eigenvalue weighted by Crippen LogP contribution is -2.37. The van der Waals surface area contributed by atoms with Gasteiger partial charge in [-0.25, -0.2) is 26.7 Å². The Hall–Kier alpha value is -1.82. The van der Waals surface area contributed by atoms with E-state index in [1.807, 2.05) is 0 Å². The van der Waals surface area contributed by atoms with Gasteiger partial charge in [0.15, 0.2) is 23.3 Å². The van der Waals surface area contributed by atoms with E-state index in [9.17, 15) is 26.7 Å². The van der Waals surface area contributed by atoms with Gasteiger partial charge >= 0.3 is 5.97 Å². The summed E-state index contributed by atoms with van der Waals surface area (Å²) in [4.78, 5) is 10.1. The molecule has 1 aromatic carbocycles. The molecule has 0 saturated carbocycles. The molecule has 0 aromatic heterocycles. The second kappa shape index (κ2) is 8.72. The molecule has 1 aromatic rings. The van der Waals surface area contributed by atoms with Gasteiger partial charge in [-0.1, -0.05) is 0 Å². The Morgan fingerprint density at radius 1 is 0.696 bits per heavy atom. The standard InChI is InChI=1S/C7HF5O2.C5H12O4/c8-2-1(7(13)14)3(9)5(11)6(12)4(2)10;6-1-5(2-7,3-8)4-9/h(H,13,14);6-9H,1-4H2. The van der Waals surface area contributed by atoms with Crippen molar-refractivity contribution in [1.29, 1.82) is 0 Å². The van der Waals surface area contributed by atoms with Gasteiger partial charge in [0.25, 0.3) is 0 Å². The molecule has 11 heteroatoms. The minimum absolute atomic E-state index is 0.406. The molecule has 0 saturated heterocycles. The van der Waals surface area contributed by atoms with Crippen molar-refractivity contribution in [2.75, 3.05) is 26.4 Å². The van der Waals surface area contributed by atoms with Crippen molar-refractivity contribution in [3.05, 3.63) is 34.6 Å². The second-order valence-electron chi connectivity index (χ2n) is 4.38. The molecule has 0 heterocycles. The van der Waals surface area contributed by atoms with Crippen molar-refractivity contribution in [3.8, 4) is 0 Å². The summed E-state index contributed by atoms with van der Waals surface area (Å²) in [5.74, 6) is -13.9. The molecule has 0 radical (unpaired) electrons. The fourth-order valence-corrected chi connectivity index (χ4v) is 1.09. The third-order valence-corrected chi connectivity index (χ3v) is 2.77. The van der Waals surface area contributed by atoms with E-state index in [2.05, 4.69) is 0 Å². The minimum Gasteiger partial charge on any atom is -0.477 e. The van der Waals surface area contributed by atoms with Gasteiger partial charge in [-0.2, -0.15) is 0 Å². The Kier molecular flexibility index (Phi) is 8.03. The zero-order valence-electron chi connectivity index (χ0n) is 11.4. The predicted octanol–water partition coefficient (Wildman–Crippen LogP) is 0.0223. The minimum atomic E-state index is -2.38. The van der Waals surface area contributed by atoms with Gasteiger partial charge in [0, 0.05) is 0 Å². The second-order valence-corrected chi connectivity index (χ2v) is 4.38. The molecule has 5 N–H and O–H groups in total. The molecule has 0 aliphatic rings. The zero-order chi connectivity index (χ0) is 18.4. The largest absolute Gasteiger partial charge is 0.477 e. The van der Waals surface area contributed by atoms with Crippen LogP contribution < -0.4 is 0 Å². The van der Waals surface area contributed by atoms with Crippen LogP contribution in [0, 0.1) is 34.5 Å². The van der Waals surface area contributed by atoms with Crippen molar-refractivity contribution in [2.45, 2.75) is 0 Å². The number of carboxylic acid groups (broad SMARTS) is 1. The van der Waals surface area contributed by atoms with Crippen LogP contribution in [0.2, 0.25) is 0 Å². The van der Waals surface area contributed by atoms with Crippen LogP contribution in [0.25, 0.3) is 0 Å². The molecule has 0 atom stereocenters. The summed E-state index contributed by atoms with van der Waals surface area (Å²) in [5, 5.41) is 42.1. The van der Waals surface area contributed by atoms with Gasteiger partial charge in [0.05, 0.1) is 31.8 Å². The van der Waals surface area contributed by atoms with Crippen LogP contribution in [0.3, 0.4) is 0 Å². The van der Waals surface area contributed by atoms with Crippen molar-refractivity contribution in [1.82, 2.24) is 0 Å². The fraction of sp³-hybridized carbons (Fsp3) is 0.417. The number of benzene rings is 1. The molecule has 132 valence electrons. The number of carbonyl (C=O) groups is 1. The molecule has 0 bridgehead atoms. The number of rotatable bonds is 5. The normalized spacial score (nSPS) is 11.0. The highest BCUT2D eigenvalue weighted by Crippen LogP contribution is 2.22. The average Bonchev–Trinajstić information content (AvgIpc) is 2.54. The van der Waals surface area contributed by atoms with Gasteiger partial charge in [-0.3, -0.25) is 0 Å². The predicted molar refractivity (Wildman–Crippen MR) is 64.0 cm³/mol. The number of hydrogen-bond acceptors (Lipinski definition) is 5. The SMILES string of the molecule is O=C(O)c1c(F)c(F)c(F)c(F)c1F.OCC(CO)(CO)CO. The van der Waals surface area contributed by atoms with Crippen molar-refractivity contribution < 1.29 is 52.3 Å². The average molecular weight is 348 g/mol. The fourth-order valence-electron chi connectivity index (χ4n) is 1.09. The Labute approximate surface area is 126 Å². The van der Waals surface area contributed by atoms with E-state index >= 15 is 0 Å². The summed E-state index contributed by atoms with van der Waals surface area (Å²) < 4.78 is 62.1. The van der Waals surface area contributed by atoms with Gasteiger partial charge in [-0.05, 0) is 0 Å². The molecule has 0 aliphatic heterocycles. The molecule has 0 unspecified atom stereocenters. The first-order valence-corrected chi connectivity index (χ1v) is 5.80. The lowest BCUT2D eigenvalue weighted by Gasteiger charge is -2.23. The summed E-state index contributed by atoms with van der Waals surface area (Å²) >= 11 is 0. The summed E-state index contributed by atoms with van der Waals surface area (Å²) in [6.07, 6.45) is 0. The maximum absolute atomic E-state index is 12.6. The zero-order valence-corrected chi connectivity index (χ0v) is 11.4. The van der Waals surface area contributed by atoms with Gasteiger partial charge in [0.2, 0.25) is 5.82 Å². The van der Waals surface area contributed by atoms with E-state index in [1.165, 1.54) is 0 Å². The molecule has 0 amide bonds. The molecular weight excluding hydrogens is 335 g/mol. The van der Waals surface area contributed by atoms with Crippen molar-refractivity contribution >= 4 is 5.97 Å².